The third kappa shape index (κ3) is 3.88. The first-order valence-corrected chi connectivity index (χ1v) is 9.80. The Balaban J connectivity index is 1.51. The van der Waals surface area contributed by atoms with Crippen molar-refractivity contribution in [2.75, 3.05) is 11.1 Å². The number of hydrogen-bond donors (Lipinski definition) is 1. The van der Waals surface area contributed by atoms with Crippen molar-refractivity contribution in [3.63, 3.8) is 0 Å². The Morgan fingerprint density at radius 3 is 2.67 bits per heavy atom. The standard InChI is InChI=1S/C20H19FN4OS/c1-13-6-2-5-9-17(13)22-18(26)12-27-20-24-23-19(25(20)14-10-11-14)15-7-3-4-8-16(15)21/h2-9,14H,10-12H2,1H3,(H,22,26). The maximum Gasteiger partial charge on any atom is 0.234 e. The van der Waals surface area contributed by atoms with Gasteiger partial charge in [0.15, 0.2) is 11.0 Å². The fourth-order valence-corrected chi connectivity index (χ4v) is 3.70. The average molecular weight is 382 g/mol. The van der Waals surface area contributed by atoms with Crippen molar-refractivity contribution < 1.29 is 9.18 Å². The number of benzene rings is 2. The summed E-state index contributed by atoms with van der Waals surface area (Å²) in [7, 11) is 0. The smallest absolute Gasteiger partial charge is 0.234 e. The lowest BCUT2D eigenvalue weighted by atomic mass is 10.2. The minimum Gasteiger partial charge on any atom is -0.325 e. The summed E-state index contributed by atoms with van der Waals surface area (Å²) in [6.45, 7) is 1.95. The van der Waals surface area contributed by atoms with Gasteiger partial charge in [-0.25, -0.2) is 4.39 Å². The van der Waals surface area contributed by atoms with E-state index in [-0.39, 0.29) is 23.5 Å². The summed E-state index contributed by atoms with van der Waals surface area (Å²) >= 11 is 1.32. The number of aryl methyl sites for hydroxylation is 1. The summed E-state index contributed by atoms with van der Waals surface area (Å²) in [5.41, 5.74) is 2.26. The predicted molar refractivity (Wildman–Crippen MR) is 104 cm³/mol. The van der Waals surface area contributed by atoms with Crippen LogP contribution in [0.3, 0.4) is 0 Å². The number of rotatable bonds is 6. The molecule has 3 aromatic rings. The van der Waals surface area contributed by atoms with E-state index in [1.165, 1.54) is 17.8 Å². The van der Waals surface area contributed by atoms with Crippen LogP contribution in [0, 0.1) is 12.7 Å². The number of nitrogens with one attached hydrogen (secondary N) is 1. The van der Waals surface area contributed by atoms with Crippen LogP contribution < -0.4 is 5.32 Å². The fraction of sp³-hybridized carbons (Fsp3) is 0.250. The monoisotopic (exact) mass is 382 g/mol. The van der Waals surface area contributed by atoms with Crippen LogP contribution in [0.25, 0.3) is 11.4 Å². The number of para-hydroxylation sites is 1. The largest absolute Gasteiger partial charge is 0.325 e. The second kappa shape index (κ2) is 7.52. The SMILES string of the molecule is Cc1ccccc1NC(=O)CSc1nnc(-c2ccccc2F)n1C1CC1. The van der Waals surface area contributed by atoms with Gasteiger partial charge in [-0.2, -0.15) is 0 Å². The molecule has 1 aliphatic rings. The van der Waals surface area contributed by atoms with Crippen LogP contribution in [-0.4, -0.2) is 26.4 Å². The first-order chi connectivity index (χ1) is 13.1. The molecule has 138 valence electrons. The lowest BCUT2D eigenvalue weighted by Gasteiger charge is -2.10. The second-order valence-corrected chi connectivity index (χ2v) is 7.48. The molecule has 4 rings (SSSR count). The zero-order chi connectivity index (χ0) is 18.8. The van der Waals surface area contributed by atoms with Gasteiger partial charge in [0.05, 0.1) is 11.3 Å². The molecule has 0 bridgehead atoms. The number of thioether (sulfide) groups is 1. The normalized spacial score (nSPS) is 13.6. The van der Waals surface area contributed by atoms with Crippen molar-refractivity contribution in [3.05, 3.63) is 59.9 Å². The van der Waals surface area contributed by atoms with E-state index < -0.39 is 0 Å². The van der Waals surface area contributed by atoms with Gasteiger partial charge in [0.2, 0.25) is 5.91 Å². The molecule has 7 heteroatoms. The molecule has 0 unspecified atom stereocenters. The maximum absolute atomic E-state index is 14.2. The molecule has 1 saturated carbocycles. The van der Waals surface area contributed by atoms with Gasteiger partial charge < -0.3 is 5.32 Å². The van der Waals surface area contributed by atoms with Gasteiger partial charge in [0.1, 0.15) is 5.82 Å². The molecule has 5 nitrogen and oxygen atoms in total. The molecule has 1 aromatic heterocycles. The Morgan fingerprint density at radius 1 is 1.19 bits per heavy atom. The first kappa shape index (κ1) is 17.7. The van der Waals surface area contributed by atoms with E-state index >= 15 is 0 Å². The molecular weight excluding hydrogens is 363 g/mol. The molecular formula is C20H19FN4OS. The van der Waals surface area contributed by atoms with Gasteiger partial charge in [-0.3, -0.25) is 9.36 Å². The lowest BCUT2D eigenvalue weighted by molar-refractivity contribution is -0.113. The highest BCUT2D eigenvalue weighted by molar-refractivity contribution is 7.99. The Morgan fingerprint density at radius 2 is 1.93 bits per heavy atom. The molecule has 1 amide bonds. The number of carbonyl (C=O) groups is 1. The van der Waals surface area contributed by atoms with Gasteiger partial charge >= 0.3 is 0 Å². The van der Waals surface area contributed by atoms with Crippen LogP contribution in [-0.2, 0) is 4.79 Å². The van der Waals surface area contributed by atoms with E-state index in [0.717, 1.165) is 24.1 Å². The molecule has 0 spiro atoms. The molecule has 1 aliphatic carbocycles. The fourth-order valence-electron chi connectivity index (χ4n) is 2.89. The summed E-state index contributed by atoms with van der Waals surface area (Å²) in [6, 6.07) is 14.5. The average Bonchev–Trinajstić information content (AvgIpc) is 3.42. The minimum absolute atomic E-state index is 0.105. The first-order valence-electron chi connectivity index (χ1n) is 8.81. The summed E-state index contributed by atoms with van der Waals surface area (Å²) in [6.07, 6.45) is 2.03. The van der Waals surface area contributed by atoms with Crippen molar-refractivity contribution in [3.8, 4) is 11.4 Å². The van der Waals surface area contributed by atoms with E-state index in [1.807, 2.05) is 35.8 Å². The molecule has 27 heavy (non-hydrogen) atoms. The minimum atomic E-state index is -0.319. The molecule has 1 heterocycles. The lowest BCUT2D eigenvalue weighted by Crippen LogP contribution is -2.15. The van der Waals surface area contributed by atoms with Gasteiger partial charge in [-0.1, -0.05) is 42.1 Å². The van der Waals surface area contributed by atoms with Crippen molar-refractivity contribution in [2.24, 2.45) is 0 Å². The Kier molecular flexibility index (Phi) is 4.94. The molecule has 0 atom stereocenters. The van der Waals surface area contributed by atoms with E-state index in [4.69, 9.17) is 0 Å². The molecule has 1 N–H and O–H groups in total. The number of carbonyl (C=O) groups excluding carboxylic acids is 1. The highest BCUT2D eigenvalue weighted by atomic mass is 32.2. The number of anilines is 1. The number of aromatic nitrogens is 3. The summed E-state index contributed by atoms with van der Waals surface area (Å²) < 4.78 is 16.2. The van der Waals surface area contributed by atoms with Crippen LogP contribution in [0.5, 0.6) is 0 Å². The van der Waals surface area contributed by atoms with Gasteiger partial charge in [0, 0.05) is 11.7 Å². The Labute approximate surface area is 161 Å². The second-order valence-electron chi connectivity index (χ2n) is 6.54. The summed E-state index contributed by atoms with van der Waals surface area (Å²) in [5, 5.41) is 12.0. The molecule has 1 fully saturated rings. The molecule has 0 aliphatic heterocycles. The van der Waals surface area contributed by atoms with Crippen LogP contribution in [0.4, 0.5) is 10.1 Å². The summed E-state index contributed by atoms with van der Waals surface area (Å²) in [4.78, 5) is 12.3. The van der Waals surface area contributed by atoms with E-state index in [1.54, 1.807) is 18.2 Å². The highest BCUT2D eigenvalue weighted by Crippen LogP contribution is 2.41. The number of halogens is 1. The van der Waals surface area contributed by atoms with E-state index in [2.05, 4.69) is 15.5 Å². The number of nitrogens with zero attached hydrogens (tertiary/aromatic N) is 3. The maximum atomic E-state index is 14.2. The third-order valence-electron chi connectivity index (χ3n) is 4.44. The number of amides is 1. The zero-order valence-electron chi connectivity index (χ0n) is 14.9. The number of hydrogen-bond acceptors (Lipinski definition) is 4. The van der Waals surface area contributed by atoms with Crippen molar-refractivity contribution in [1.82, 2.24) is 14.8 Å². The summed E-state index contributed by atoms with van der Waals surface area (Å²) in [5.74, 6) is 0.321. The Hall–Kier alpha value is -2.67. The van der Waals surface area contributed by atoms with Gasteiger partial charge in [-0.05, 0) is 43.5 Å². The molecule has 0 radical (unpaired) electrons. The Bertz CT molecular complexity index is 984. The molecule has 0 saturated heterocycles. The van der Waals surface area contributed by atoms with Crippen LogP contribution in [0.2, 0.25) is 0 Å². The quantitative estimate of drug-likeness (QED) is 0.640. The van der Waals surface area contributed by atoms with Crippen LogP contribution >= 0.6 is 11.8 Å². The van der Waals surface area contributed by atoms with Crippen molar-refractivity contribution in [2.45, 2.75) is 31.0 Å². The van der Waals surface area contributed by atoms with E-state index in [9.17, 15) is 9.18 Å². The molecule has 2 aromatic carbocycles. The van der Waals surface area contributed by atoms with Gasteiger partial charge in [-0.15, -0.1) is 10.2 Å². The van der Waals surface area contributed by atoms with Crippen LogP contribution in [0.1, 0.15) is 24.4 Å². The predicted octanol–water partition coefficient (Wildman–Crippen LogP) is 4.46. The highest BCUT2D eigenvalue weighted by Gasteiger charge is 2.31. The van der Waals surface area contributed by atoms with Gasteiger partial charge in [0.25, 0.3) is 0 Å². The van der Waals surface area contributed by atoms with Crippen LogP contribution in [0.15, 0.2) is 53.7 Å². The van der Waals surface area contributed by atoms with E-state index in [0.29, 0.717) is 16.5 Å². The topological polar surface area (TPSA) is 59.8 Å². The zero-order valence-corrected chi connectivity index (χ0v) is 15.7. The van der Waals surface area contributed by atoms with Crippen molar-refractivity contribution in [1.29, 1.82) is 0 Å². The van der Waals surface area contributed by atoms with Crippen molar-refractivity contribution >= 4 is 23.4 Å². The third-order valence-corrected chi connectivity index (χ3v) is 5.39.